The van der Waals surface area contributed by atoms with E-state index in [0.717, 1.165) is 0 Å². The van der Waals surface area contributed by atoms with Crippen molar-refractivity contribution in [2.45, 2.75) is 9.96 Å². The smallest absolute Gasteiger partial charge is 0.339 e. The maximum Gasteiger partial charge on any atom is 0.339 e. The summed E-state index contributed by atoms with van der Waals surface area (Å²) in [7, 11) is 1.26. The number of esters is 1. The number of rotatable bonds is 5. The van der Waals surface area contributed by atoms with Gasteiger partial charge in [-0.2, -0.15) is 0 Å². The Balaban J connectivity index is 2.14. The van der Waals surface area contributed by atoms with Gasteiger partial charge in [0.15, 0.2) is 5.11 Å². The standard InChI is InChI=1S/C18H15Cl4N3O3S/c1-28-15(27)12-7-2-3-8-13(12)23-17(29)25-16(18(20,21)22)24-14(26)10-5-4-6-11(19)9-10/h2-9,16H,1H3,(H,24,26)(H2,23,25,29)/t16-/m1/s1. The maximum absolute atomic E-state index is 12.5. The number of carbonyl (C=O) groups is 2. The van der Waals surface area contributed by atoms with Crippen LogP contribution in [0.25, 0.3) is 0 Å². The van der Waals surface area contributed by atoms with Gasteiger partial charge in [-0.15, -0.1) is 0 Å². The molecule has 6 nitrogen and oxygen atoms in total. The van der Waals surface area contributed by atoms with Crippen molar-refractivity contribution in [3.05, 3.63) is 64.7 Å². The van der Waals surface area contributed by atoms with Crippen LogP contribution in [-0.2, 0) is 4.74 Å². The van der Waals surface area contributed by atoms with Crippen LogP contribution >= 0.6 is 58.6 Å². The Labute approximate surface area is 192 Å². The lowest BCUT2D eigenvalue weighted by Crippen LogP contribution is -2.56. The molecule has 0 bridgehead atoms. The van der Waals surface area contributed by atoms with E-state index in [1.165, 1.54) is 13.2 Å². The Morgan fingerprint density at radius 2 is 1.76 bits per heavy atom. The van der Waals surface area contributed by atoms with Gasteiger partial charge in [0.1, 0.15) is 6.17 Å². The van der Waals surface area contributed by atoms with E-state index in [-0.39, 0.29) is 16.2 Å². The maximum atomic E-state index is 12.5. The molecule has 0 fully saturated rings. The van der Waals surface area contributed by atoms with E-state index in [9.17, 15) is 9.59 Å². The molecular formula is C18H15Cl4N3O3S. The van der Waals surface area contributed by atoms with Gasteiger partial charge in [-0.3, -0.25) is 4.79 Å². The van der Waals surface area contributed by atoms with Crippen LogP contribution in [0, 0.1) is 0 Å². The Morgan fingerprint density at radius 3 is 2.38 bits per heavy atom. The number of anilines is 1. The molecule has 0 aromatic heterocycles. The fourth-order valence-electron chi connectivity index (χ4n) is 2.21. The highest BCUT2D eigenvalue weighted by molar-refractivity contribution is 7.80. The molecule has 0 spiro atoms. The van der Waals surface area contributed by atoms with E-state index in [1.54, 1.807) is 42.5 Å². The number of amides is 1. The number of halogens is 4. The quantitative estimate of drug-likeness (QED) is 0.245. The van der Waals surface area contributed by atoms with Gasteiger partial charge in [-0.05, 0) is 42.5 Å². The first-order valence-electron chi connectivity index (χ1n) is 8.00. The van der Waals surface area contributed by atoms with Crippen LogP contribution in [0.2, 0.25) is 5.02 Å². The molecule has 1 atom stereocenters. The number of methoxy groups -OCH3 is 1. The number of hydrogen-bond acceptors (Lipinski definition) is 4. The van der Waals surface area contributed by atoms with Crippen molar-refractivity contribution in [1.29, 1.82) is 0 Å². The molecule has 0 aliphatic carbocycles. The molecule has 154 valence electrons. The number of ether oxygens (including phenoxy) is 1. The molecule has 0 aliphatic rings. The normalized spacial score (nSPS) is 11.9. The topological polar surface area (TPSA) is 79.5 Å². The SMILES string of the molecule is COC(=O)c1ccccc1NC(=S)N[C@@H](NC(=O)c1cccc(Cl)c1)C(Cl)(Cl)Cl. The van der Waals surface area contributed by atoms with Gasteiger partial charge in [0, 0.05) is 10.6 Å². The van der Waals surface area contributed by atoms with Gasteiger partial charge in [0.25, 0.3) is 5.91 Å². The lowest BCUT2D eigenvalue weighted by atomic mass is 10.2. The van der Waals surface area contributed by atoms with E-state index in [0.29, 0.717) is 10.7 Å². The average Bonchev–Trinajstić information content (AvgIpc) is 2.66. The van der Waals surface area contributed by atoms with Crippen LogP contribution in [0.1, 0.15) is 20.7 Å². The number of alkyl halides is 3. The summed E-state index contributed by atoms with van der Waals surface area (Å²) in [6.45, 7) is 0. The Kier molecular flexibility index (Phi) is 8.36. The number of hydrogen-bond donors (Lipinski definition) is 3. The molecule has 2 aromatic carbocycles. The lowest BCUT2D eigenvalue weighted by molar-refractivity contribution is 0.0601. The van der Waals surface area contributed by atoms with Crippen molar-refractivity contribution in [2.75, 3.05) is 12.4 Å². The van der Waals surface area contributed by atoms with Crippen LogP contribution in [-0.4, -0.2) is 34.1 Å². The van der Waals surface area contributed by atoms with Gasteiger partial charge < -0.3 is 20.7 Å². The molecule has 1 amide bonds. The fraction of sp³-hybridized carbons (Fsp3) is 0.167. The first-order chi connectivity index (χ1) is 13.6. The predicted molar refractivity (Wildman–Crippen MR) is 120 cm³/mol. The van der Waals surface area contributed by atoms with Gasteiger partial charge >= 0.3 is 5.97 Å². The second-order valence-corrected chi connectivity index (χ2v) is 8.81. The summed E-state index contributed by atoms with van der Waals surface area (Å²) < 4.78 is 2.79. The average molecular weight is 495 g/mol. The van der Waals surface area contributed by atoms with Crippen LogP contribution in [0.3, 0.4) is 0 Å². The van der Waals surface area contributed by atoms with E-state index in [4.69, 9.17) is 63.4 Å². The molecule has 0 aliphatic heterocycles. The minimum absolute atomic E-state index is 0.00377. The van der Waals surface area contributed by atoms with Crippen LogP contribution in [0.15, 0.2) is 48.5 Å². The monoisotopic (exact) mass is 493 g/mol. The minimum Gasteiger partial charge on any atom is -0.465 e. The summed E-state index contributed by atoms with van der Waals surface area (Å²) in [6.07, 6.45) is -1.19. The second-order valence-electron chi connectivity index (χ2n) is 5.59. The van der Waals surface area contributed by atoms with Crippen molar-refractivity contribution < 1.29 is 14.3 Å². The molecule has 29 heavy (non-hydrogen) atoms. The third-order valence-electron chi connectivity index (χ3n) is 3.55. The van der Waals surface area contributed by atoms with Crippen LogP contribution in [0.5, 0.6) is 0 Å². The second kappa shape index (κ2) is 10.3. The molecule has 0 heterocycles. The zero-order valence-electron chi connectivity index (χ0n) is 14.8. The summed E-state index contributed by atoms with van der Waals surface area (Å²) in [5, 5.41) is 8.46. The van der Waals surface area contributed by atoms with Crippen LogP contribution < -0.4 is 16.0 Å². The Hall–Kier alpha value is -1.77. The van der Waals surface area contributed by atoms with Crippen molar-refractivity contribution in [3.63, 3.8) is 0 Å². The summed E-state index contributed by atoms with van der Waals surface area (Å²) in [6, 6.07) is 12.8. The highest BCUT2D eigenvalue weighted by Crippen LogP contribution is 2.29. The van der Waals surface area contributed by atoms with Gasteiger partial charge in [-0.25, -0.2) is 4.79 Å². The zero-order chi connectivity index (χ0) is 21.6. The van der Waals surface area contributed by atoms with E-state index >= 15 is 0 Å². The third kappa shape index (κ3) is 6.90. The zero-order valence-corrected chi connectivity index (χ0v) is 18.7. The Bertz CT molecular complexity index is 921. The van der Waals surface area contributed by atoms with E-state index in [1.807, 2.05) is 0 Å². The summed E-state index contributed by atoms with van der Waals surface area (Å²) in [4.78, 5) is 24.3. The molecule has 0 saturated heterocycles. The molecule has 2 aromatic rings. The number of thiocarbonyl (C=S) groups is 1. The molecule has 0 radical (unpaired) electrons. The third-order valence-corrected chi connectivity index (χ3v) is 4.66. The first kappa shape index (κ1) is 23.5. The highest BCUT2D eigenvalue weighted by Gasteiger charge is 2.35. The summed E-state index contributed by atoms with van der Waals surface area (Å²) >= 11 is 29.1. The number of nitrogens with one attached hydrogen (secondary N) is 3. The van der Waals surface area contributed by atoms with Gasteiger partial charge in [0.05, 0.1) is 18.4 Å². The Morgan fingerprint density at radius 1 is 1.07 bits per heavy atom. The van der Waals surface area contributed by atoms with Crippen molar-refractivity contribution in [3.8, 4) is 0 Å². The highest BCUT2D eigenvalue weighted by atomic mass is 35.6. The summed E-state index contributed by atoms with van der Waals surface area (Å²) in [5.41, 5.74) is 0.905. The number of para-hydroxylation sites is 1. The van der Waals surface area contributed by atoms with Crippen molar-refractivity contribution in [2.24, 2.45) is 0 Å². The van der Waals surface area contributed by atoms with E-state index < -0.39 is 21.8 Å². The van der Waals surface area contributed by atoms with Gasteiger partial charge in [0.2, 0.25) is 3.79 Å². The molecule has 0 saturated carbocycles. The first-order valence-corrected chi connectivity index (χ1v) is 9.92. The molecule has 3 N–H and O–H groups in total. The van der Waals surface area contributed by atoms with Gasteiger partial charge in [-0.1, -0.05) is 64.6 Å². The fourth-order valence-corrected chi connectivity index (χ4v) is 2.96. The molecular weight excluding hydrogens is 480 g/mol. The van der Waals surface area contributed by atoms with Crippen molar-refractivity contribution in [1.82, 2.24) is 10.6 Å². The van der Waals surface area contributed by atoms with E-state index in [2.05, 4.69) is 16.0 Å². The molecule has 0 unspecified atom stereocenters. The molecule has 11 heteroatoms. The number of carbonyl (C=O) groups excluding carboxylic acids is 2. The lowest BCUT2D eigenvalue weighted by Gasteiger charge is -2.28. The number of benzene rings is 2. The van der Waals surface area contributed by atoms with Crippen molar-refractivity contribution >= 4 is 81.3 Å². The summed E-state index contributed by atoms with van der Waals surface area (Å²) in [5.74, 6) is -1.09. The largest absolute Gasteiger partial charge is 0.465 e. The predicted octanol–water partition coefficient (Wildman–Crippen LogP) is 4.54. The molecule has 2 rings (SSSR count). The minimum atomic E-state index is -1.94. The van der Waals surface area contributed by atoms with Crippen LogP contribution in [0.4, 0.5) is 5.69 Å².